The highest BCUT2D eigenvalue weighted by Gasteiger charge is 2.22. The van der Waals surface area contributed by atoms with Gasteiger partial charge < -0.3 is 15.1 Å². The van der Waals surface area contributed by atoms with Gasteiger partial charge in [0.05, 0.1) is 19.8 Å². The molecule has 1 aliphatic heterocycles. The first-order valence-electron chi connectivity index (χ1n) is 5.18. The van der Waals surface area contributed by atoms with Crippen molar-refractivity contribution in [2.45, 2.75) is 19.3 Å². The van der Waals surface area contributed by atoms with Crippen LogP contribution in [0.25, 0.3) is 0 Å². The van der Waals surface area contributed by atoms with E-state index < -0.39 is 4.81 Å². The summed E-state index contributed by atoms with van der Waals surface area (Å²) in [5, 5.41) is 20.2. The Labute approximate surface area is 84.3 Å². The zero-order chi connectivity index (χ0) is 10.3. The zero-order valence-corrected chi connectivity index (χ0v) is 8.48. The van der Waals surface area contributed by atoms with Gasteiger partial charge in [0.1, 0.15) is 19.7 Å². The van der Waals surface area contributed by atoms with Crippen LogP contribution in [0.3, 0.4) is 0 Å². The standard InChI is InChI=1S/C9H19NO4/c11-6-7-13-8-9-14-10(12)4-2-1-3-5-10/h11H,1-9H2. The predicted molar refractivity (Wildman–Crippen MR) is 51.1 cm³/mol. The Kier molecular flexibility index (Phi) is 5.36. The van der Waals surface area contributed by atoms with Crippen LogP contribution in [0.1, 0.15) is 19.3 Å². The molecule has 1 heterocycles. The molecule has 1 aliphatic rings. The highest BCUT2D eigenvalue weighted by atomic mass is 16.9. The number of hydroxylamine groups is 4. The highest BCUT2D eigenvalue weighted by Crippen LogP contribution is 2.17. The van der Waals surface area contributed by atoms with Crippen LogP contribution < -0.4 is 0 Å². The number of piperidine rings is 1. The van der Waals surface area contributed by atoms with E-state index in [1.54, 1.807) is 0 Å². The Hall–Kier alpha value is -0.200. The van der Waals surface area contributed by atoms with Crippen molar-refractivity contribution < 1.29 is 19.5 Å². The lowest BCUT2D eigenvalue weighted by atomic mass is 10.2. The van der Waals surface area contributed by atoms with Crippen LogP contribution in [-0.4, -0.2) is 49.4 Å². The number of quaternary nitrogens is 1. The van der Waals surface area contributed by atoms with Crippen LogP contribution in [0, 0.1) is 5.21 Å². The average molecular weight is 205 g/mol. The van der Waals surface area contributed by atoms with Crippen molar-refractivity contribution in [3.63, 3.8) is 0 Å². The molecule has 0 radical (unpaired) electrons. The summed E-state index contributed by atoms with van der Waals surface area (Å²) >= 11 is 0. The molecule has 0 amide bonds. The largest absolute Gasteiger partial charge is 0.598 e. The molecule has 0 aromatic heterocycles. The number of aliphatic hydroxyl groups is 1. The number of rotatable bonds is 6. The second-order valence-electron chi connectivity index (χ2n) is 3.49. The van der Waals surface area contributed by atoms with E-state index >= 15 is 0 Å². The Bertz CT molecular complexity index is 148. The van der Waals surface area contributed by atoms with Crippen LogP contribution in [-0.2, 0) is 9.57 Å². The normalized spacial score (nSPS) is 21.0. The van der Waals surface area contributed by atoms with Gasteiger partial charge in [-0.15, -0.1) is 0 Å². The number of ether oxygens (including phenoxy) is 1. The summed E-state index contributed by atoms with van der Waals surface area (Å²) in [4.78, 5) is 4.67. The monoisotopic (exact) mass is 205 g/mol. The zero-order valence-electron chi connectivity index (χ0n) is 8.48. The lowest BCUT2D eigenvalue weighted by molar-refractivity contribution is -1.07. The predicted octanol–water partition coefficient (Wildman–Crippen LogP) is 0.425. The Morgan fingerprint density at radius 2 is 1.79 bits per heavy atom. The summed E-state index contributed by atoms with van der Waals surface area (Å²) in [5.41, 5.74) is 0. The molecule has 0 saturated carbocycles. The molecule has 5 heteroatoms. The molecule has 0 aliphatic carbocycles. The maximum absolute atomic E-state index is 11.8. The molecule has 0 bridgehead atoms. The van der Waals surface area contributed by atoms with Crippen molar-refractivity contribution in [2.24, 2.45) is 0 Å². The van der Waals surface area contributed by atoms with Gasteiger partial charge in [0, 0.05) is 0 Å². The molecule has 0 spiro atoms. The lowest BCUT2D eigenvalue weighted by Gasteiger charge is -2.41. The molecule has 0 aromatic carbocycles. The molecular formula is C9H19NO4. The van der Waals surface area contributed by atoms with Crippen LogP contribution in [0.15, 0.2) is 0 Å². The second kappa shape index (κ2) is 6.31. The van der Waals surface area contributed by atoms with Crippen molar-refractivity contribution in [2.75, 3.05) is 39.5 Å². The van der Waals surface area contributed by atoms with Crippen molar-refractivity contribution in [3.8, 4) is 0 Å². The second-order valence-corrected chi connectivity index (χ2v) is 3.49. The number of hydrogen-bond donors (Lipinski definition) is 1. The smallest absolute Gasteiger partial charge is 0.130 e. The fraction of sp³-hybridized carbons (Fsp3) is 1.00. The Morgan fingerprint density at radius 1 is 1.07 bits per heavy atom. The van der Waals surface area contributed by atoms with E-state index in [-0.39, 0.29) is 6.61 Å². The van der Waals surface area contributed by atoms with E-state index in [1.165, 1.54) is 0 Å². The van der Waals surface area contributed by atoms with Crippen LogP contribution in [0.4, 0.5) is 0 Å². The van der Waals surface area contributed by atoms with Gasteiger partial charge in [0.15, 0.2) is 0 Å². The summed E-state index contributed by atoms with van der Waals surface area (Å²) in [6.07, 6.45) is 3.02. The molecule has 5 nitrogen and oxygen atoms in total. The Balaban J connectivity index is 2.03. The number of hydrogen-bond acceptors (Lipinski definition) is 4. The number of nitrogens with zero attached hydrogens (tertiary/aromatic N) is 1. The van der Waals surface area contributed by atoms with Gasteiger partial charge in [-0.05, 0) is 19.3 Å². The summed E-state index contributed by atoms with van der Waals surface area (Å²) in [6, 6.07) is 0. The molecule has 0 unspecified atom stereocenters. The van der Waals surface area contributed by atoms with Gasteiger partial charge in [0.2, 0.25) is 0 Å². The van der Waals surface area contributed by atoms with Gasteiger partial charge in [-0.2, -0.15) is 0 Å². The Morgan fingerprint density at radius 3 is 2.43 bits per heavy atom. The van der Waals surface area contributed by atoms with Gasteiger partial charge in [-0.1, -0.05) is 0 Å². The third-order valence-corrected chi connectivity index (χ3v) is 2.29. The van der Waals surface area contributed by atoms with Crippen LogP contribution in [0.5, 0.6) is 0 Å². The molecule has 1 N–H and O–H groups in total. The molecule has 1 rings (SSSR count). The van der Waals surface area contributed by atoms with Crippen molar-refractivity contribution in [1.29, 1.82) is 0 Å². The topological polar surface area (TPSA) is 61.8 Å². The maximum Gasteiger partial charge on any atom is 0.130 e. The minimum atomic E-state index is -0.525. The fourth-order valence-electron chi connectivity index (χ4n) is 1.55. The average Bonchev–Trinajstić information content (AvgIpc) is 2.18. The van der Waals surface area contributed by atoms with Crippen LogP contribution >= 0.6 is 0 Å². The fourth-order valence-corrected chi connectivity index (χ4v) is 1.55. The minimum Gasteiger partial charge on any atom is -0.598 e. The first-order valence-corrected chi connectivity index (χ1v) is 5.18. The van der Waals surface area contributed by atoms with Gasteiger partial charge in [-0.3, -0.25) is 0 Å². The van der Waals surface area contributed by atoms with Gasteiger partial charge >= 0.3 is 0 Å². The third kappa shape index (κ3) is 4.34. The number of aliphatic hydroxyl groups excluding tert-OH is 1. The maximum atomic E-state index is 11.8. The molecule has 14 heavy (non-hydrogen) atoms. The quantitative estimate of drug-likeness (QED) is 0.388. The summed E-state index contributed by atoms with van der Waals surface area (Å²) in [5.74, 6) is 0. The van der Waals surface area contributed by atoms with Gasteiger partial charge in [0.25, 0.3) is 0 Å². The SMILES string of the molecule is [O-][N+]1(OCCOCCO)CCCCC1. The van der Waals surface area contributed by atoms with E-state index in [0.717, 1.165) is 19.3 Å². The van der Waals surface area contributed by atoms with E-state index in [1.807, 2.05) is 0 Å². The molecule has 0 aromatic rings. The summed E-state index contributed by atoms with van der Waals surface area (Å²) in [7, 11) is 0. The van der Waals surface area contributed by atoms with E-state index in [2.05, 4.69) is 0 Å². The molecular weight excluding hydrogens is 186 g/mol. The van der Waals surface area contributed by atoms with Gasteiger partial charge in [-0.25, -0.2) is 9.65 Å². The molecule has 0 atom stereocenters. The highest BCUT2D eigenvalue weighted by molar-refractivity contribution is 4.49. The minimum absolute atomic E-state index is 0.0113. The van der Waals surface area contributed by atoms with E-state index in [4.69, 9.17) is 14.7 Å². The van der Waals surface area contributed by atoms with Crippen molar-refractivity contribution in [3.05, 3.63) is 5.21 Å². The summed E-state index contributed by atoms with van der Waals surface area (Å²) < 4.78 is 4.99. The molecule has 84 valence electrons. The molecule has 1 fully saturated rings. The van der Waals surface area contributed by atoms with Crippen molar-refractivity contribution in [1.82, 2.24) is 0 Å². The first kappa shape index (κ1) is 11.9. The molecule has 1 saturated heterocycles. The van der Waals surface area contributed by atoms with E-state index in [0.29, 0.717) is 32.9 Å². The third-order valence-electron chi connectivity index (χ3n) is 2.29. The lowest BCUT2D eigenvalue weighted by Crippen LogP contribution is -2.46. The van der Waals surface area contributed by atoms with Crippen LogP contribution in [0.2, 0.25) is 0 Å². The summed E-state index contributed by atoms with van der Waals surface area (Å²) in [6.45, 7) is 2.12. The van der Waals surface area contributed by atoms with E-state index in [9.17, 15) is 5.21 Å². The first-order chi connectivity index (χ1) is 6.77. The van der Waals surface area contributed by atoms with Crippen molar-refractivity contribution >= 4 is 0 Å².